The van der Waals surface area contributed by atoms with E-state index in [1.807, 2.05) is 18.2 Å². The summed E-state index contributed by atoms with van der Waals surface area (Å²) < 4.78 is 5.20. The first-order valence-corrected chi connectivity index (χ1v) is 8.01. The first-order valence-electron chi connectivity index (χ1n) is 8.01. The Hall–Kier alpha value is -1.06. The first kappa shape index (κ1) is 17.3. The maximum Gasteiger partial charge on any atom is 0.316 e. The lowest BCUT2D eigenvalue weighted by atomic mass is 9.62. The van der Waals surface area contributed by atoms with Gasteiger partial charge in [0.05, 0.1) is 12.5 Å². The van der Waals surface area contributed by atoms with Gasteiger partial charge in [0.1, 0.15) is 0 Å². The number of hydrogen-bond acceptors (Lipinski definition) is 3. The highest BCUT2D eigenvalue weighted by Crippen LogP contribution is 2.46. The molecule has 0 N–H and O–H groups in total. The Morgan fingerprint density at radius 1 is 1.27 bits per heavy atom. The second-order valence-electron chi connectivity index (χ2n) is 6.63. The van der Waals surface area contributed by atoms with Crippen LogP contribution in [0.2, 0.25) is 0 Å². The number of ether oxygens (including phenoxy) is 1. The monoisotopic (exact) mass is 323 g/mol. The van der Waals surface area contributed by atoms with Gasteiger partial charge in [0.15, 0.2) is 0 Å². The van der Waals surface area contributed by atoms with Crippen LogP contribution in [0.5, 0.6) is 0 Å². The van der Waals surface area contributed by atoms with Gasteiger partial charge in [0.2, 0.25) is 0 Å². The minimum Gasteiger partial charge on any atom is -0.468 e. The van der Waals surface area contributed by atoms with Gasteiger partial charge in [-0.2, -0.15) is 0 Å². The number of fused-ring (bicyclic) bond motifs is 1. The van der Waals surface area contributed by atoms with Gasteiger partial charge in [-0.15, -0.1) is 12.4 Å². The second kappa shape index (κ2) is 7.01. The summed E-state index contributed by atoms with van der Waals surface area (Å²) in [5.41, 5.74) is 0.693. The van der Waals surface area contributed by atoms with E-state index in [0.29, 0.717) is 12.0 Å². The smallest absolute Gasteiger partial charge is 0.316 e. The van der Waals surface area contributed by atoms with Gasteiger partial charge in [0.25, 0.3) is 0 Å². The number of rotatable bonds is 2. The predicted molar refractivity (Wildman–Crippen MR) is 90.4 cm³/mol. The molecular weight excluding hydrogens is 298 g/mol. The van der Waals surface area contributed by atoms with Crippen molar-refractivity contribution in [2.75, 3.05) is 20.7 Å². The molecule has 4 heteroatoms. The van der Waals surface area contributed by atoms with Gasteiger partial charge in [0, 0.05) is 6.04 Å². The number of piperidine rings is 1. The Morgan fingerprint density at radius 3 is 2.68 bits per heavy atom. The zero-order valence-corrected chi connectivity index (χ0v) is 14.3. The van der Waals surface area contributed by atoms with Crippen molar-refractivity contribution >= 4 is 18.4 Å². The van der Waals surface area contributed by atoms with Gasteiger partial charge in [-0.1, -0.05) is 30.3 Å². The number of esters is 1. The van der Waals surface area contributed by atoms with Crippen molar-refractivity contribution in [2.24, 2.45) is 5.92 Å². The van der Waals surface area contributed by atoms with Crippen LogP contribution in [0.1, 0.15) is 37.7 Å². The maximum atomic E-state index is 12.6. The third kappa shape index (κ3) is 2.89. The molecule has 0 aromatic heterocycles. The molecule has 3 atom stereocenters. The van der Waals surface area contributed by atoms with Gasteiger partial charge in [-0.25, -0.2) is 0 Å². The molecule has 1 saturated heterocycles. The number of carbonyl (C=O) groups is 1. The zero-order valence-electron chi connectivity index (χ0n) is 13.5. The molecule has 22 heavy (non-hydrogen) atoms. The van der Waals surface area contributed by atoms with Gasteiger partial charge in [-0.05, 0) is 57.2 Å². The van der Waals surface area contributed by atoms with Crippen molar-refractivity contribution in [1.82, 2.24) is 4.90 Å². The summed E-state index contributed by atoms with van der Waals surface area (Å²) >= 11 is 0. The van der Waals surface area contributed by atoms with E-state index in [9.17, 15) is 4.79 Å². The van der Waals surface area contributed by atoms with Crippen molar-refractivity contribution in [2.45, 2.75) is 43.6 Å². The molecule has 3 rings (SSSR count). The molecule has 1 aromatic rings. The van der Waals surface area contributed by atoms with Crippen LogP contribution in [0.25, 0.3) is 0 Å². The van der Waals surface area contributed by atoms with Crippen LogP contribution >= 0.6 is 12.4 Å². The lowest BCUT2D eigenvalue weighted by Gasteiger charge is -2.48. The number of nitrogens with zero attached hydrogens (tertiary/aromatic N) is 1. The summed E-state index contributed by atoms with van der Waals surface area (Å²) in [6.45, 7) is 1.19. The Kier molecular flexibility index (Phi) is 5.51. The van der Waals surface area contributed by atoms with E-state index in [4.69, 9.17) is 4.74 Å². The summed E-state index contributed by atoms with van der Waals surface area (Å²) in [4.78, 5) is 15.1. The van der Waals surface area contributed by atoms with Crippen molar-refractivity contribution in [3.63, 3.8) is 0 Å². The van der Waals surface area contributed by atoms with E-state index in [-0.39, 0.29) is 18.4 Å². The van der Waals surface area contributed by atoms with Crippen LogP contribution in [0.4, 0.5) is 0 Å². The molecule has 1 unspecified atom stereocenters. The number of hydrogen-bond donors (Lipinski definition) is 0. The number of benzene rings is 1. The molecule has 0 bridgehead atoms. The molecule has 1 saturated carbocycles. The molecule has 1 aliphatic carbocycles. The van der Waals surface area contributed by atoms with Crippen LogP contribution in [0.15, 0.2) is 30.3 Å². The quantitative estimate of drug-likeness (QED) is 0.781. The Bertz CT molecular complexity index is 507. The SMILES string of the molecule is COC(=O)C1(c2ccccc2)CC[C@@H]2[C@H](CCCN2C)C1.Cl. The fourth-order valence-corrected chi connectivity index (χ4v) is 4.48. The zero-order chi connectivity index (χ0) is 14.9. The van der Waals surface area contributed by atoms with E-state index in [0.717, 1.165) is 24.8 Å². The lowest BCUT2D eigenvalue weighted by Crippen LogP contribution is -2.52. The number of methoxy groups -OCH3 is 1. The van der Waals surface area contributed by atoms with Gasteiger partial charge < -0.3 is 9.64 Å². The Balaban J connectivity index is 0.00000176. The fourth-order valence-electron chi connectivity index (χ4n) is 4.48. The highest BCUT2D eigenvalue weighted by atomic mass is 35.5. The van der Waals surface area contributed by atoms with Crippen LogP contribution in [-0.4, -0.2) is 37.6 Å². The molecule has 3 nitrogen and oxygen atoms in total. The molecule has 1 heterocycles. The van der Waals surface area contributed by atoms with Crippen LogP contribution < -0.4 is 0 Å². The molecule has 2 aliphatic rings. The Morgan fingerprint density at radius 2 is 2.00 bits per heavy atom. The number of likely N-dealkylation sites (tertiary alicyclic amines) is 1. The number of halogens is 1. The highest BCUT2D eigenvalue weighted by Gasteiger charge is 2.49. The van der Waals surface area contributed by atoms with E-state index < -0.39 is 5.41 Å². The topological polar surface area (TPSA) is 29.5 Å². The molecule has 122 valence electrons. The largest absolute Gasteiger partial charge is 0.468 e. The average Bonchev–Trinajstić information content (AvgIpc) is 2.54. The molecule has 1 aliphatic heterocycles. The normalized spacial score (nSPS) is 31.7. The van der Waals surface area contributed by atoms with Crippen molar-refractivity contribution in [3.05, 3.63) is 35.9 Å². The summed E-state index contributed by atoms with van der Waals surface area (Å²) in [7, 11) is 3.75. The lowest BCUT2D eigenvalue weighted by molar-refractivity contribution is -0.151. The standard InChI is InChI=1S/C18H25NO2.ClH/c1-19-12-6-7-14-13-18(17(20)21-2,11-10-16(14)19)15-8-4-3-5-9-15;/h3-5,8-9,14,16H,6-7,10-13H2,1-2H3;1H/t14-,16-,18?;/m1./s1. The van der Waals surface area contributed by atoms with Crippen molar-refractivity contribution < 1.29 is 9.53 Å². The molecule has 0 radical (unpaired) electrons. The van der Waals surface area contributed by atoms with Gasteiger partial charge >= 0.3 is 5.97 Å². The van der Waals surface area contributed by atoms with Crippen LogP contribution in [0.3, 0.4) is 0 Å². The third-order valence-electron chi connectivity index (χ3n) is 5.58. The van der Waals surface area contributed by atoms with E-state index in [1.165, 1.54) is 26.5 Å². The number of carbonyl (C=O) groups excluding carboxylic acids is 1. The third-order valence-corrected chi connectivity index (χ3v) is 5.58. The Labute approximate surface area is 139 Å². The minimum absolute atomic E-state index is 0. The van der Waals surface area contributed by atoms with Crippen LogP contribution in [-0.2, 0) is 14.9 Å². The first-order chi connectivity index (χ1) is 10.2. The molecule has 0 amide bonds. The van der Waals surface area contributed by atoms with Crippen molar-refractivity contribution in [3.8, 4) is 0 Å². The van der Waals surface area contributed by atoms with E-state index in [2.05, 4.69) is 24.1 Å². The van der Waals surface area contributed by atoms with Crippen LogP contribution in [0, 0.1) is 5.92 Å². The predicted octanol–water partition coefficient (Wildman–Crippen LogP) is 3.41. The minimum atomic E-state index is -0.435. The summed E-state index contributed by atoms with van der Waals surface area (Å²) in [5.74, 6) is 0.553. The fraction of sp³-hybridized carbons (Fsp3) is 0.611. The molecule has 0 spiro atoms. The average molecular weight is 324 g/mol. The maximum absolute atomic E-state index is 12.6. The summed E-state index contributed by atoms with van der Waals surface area (Å²) in [6, 6.07) is 10.9. The molecule has 2 fully saturated rings. The van der Waals surface area contributed by atoms with E-state index in [1.54, 1.807) is 0 Å². The second-order valence-corrected chi connectivity index (χ2v) is 6.63. The van der Waals surface area contributed by atoms with Crippen molar-refractivity contribution in [1.29, 1.82) is 0 Å². The molecule has 1 aromatic carbocycles. The van der Waals surface area contributed by atoms with Gasteiger partial charge in [-0.3, -0.25) is 4.79 Å². The summed E-state index contributed by atoms with van der Waals surface area (Å²) in [5, 5.41) is 0. The highest BCUT2D eigenvalue weighted by molar-refractivity contribution is 5.85. The summed E-state index contributed by atoms with van der Waals surface area (Å²) in [6.07, 6.45) is 5.39. The molecular formula is C18H26ClNO2. The van der Waals surface area contributed by atoms with E-state index >= 15 is 0 Å².